The highest BCUT2D eigenvalue weighted by molar-refractivity contribution is 5.68. The first-order chi connectivity index (χ1) is 10.7. The predicted molar refractivity (Wildman–Crippen MR) is 84.9 cm³/mol. The van der Waals surface area contributed by atoms with E-state index < -0.39 is 5.97 Å². The van der Waals surface area contributed by atoms with Gasteiger partial charge < -0.3 is 9.51 Å². The van der Waals surface area contributed by atoms with Crippen LogP contribution in [0.1, 0.15) is 30.0 Å². The second kappa shape index (κ2) is 6.43. The average Bonchev–Trinajstić information content (AvgIpc) is 2.96. The number of carboxylic acid groups (broad SMARTS) is 1. The fourth-order valence-electron chi connectivity index (χ4n) is 2.81. The van der Waals surface area contributed by atoms with Crippen LogP contribution in [-0.2, 0) is 11.2 Å². The molecule has 0 radical (unpaired) electrons. The Balaban J connectivity index is 1.84. The van der Waals surface area contributed by atoms with Gasteiger partial charge in [0.05, 0.1) is 6.42 Å². The van der Waals surface area contributed by atoms with Gasteiger partial charge in [-0.3, -0.25) is 4.79 Å². The summed E-state index contributed by atoms with van der Waals surface area (Å²) in [5.41, 5.74) is 3.05. The average molecular weight is 294 g/mol. The summed E-state index contributed by atoms with van der Waals surface area (Å²) in [6.45, 7) is 0. The standard InChI is InChI=1S/C18H18N2O2/c21-18(22)12-15(10-9-14-6-2-1-3-7-14)16-13-19-17-8-4-5-11-20(16)17/h1-8,11,13,15H,9-10,12H2,(H,21,22)/t15-/m0/s1. The molecule has 0 amide bonds. The van der Waals surface area contributed by atoms with Crippen LogP contribution in [-0.4, -0.2) is 20.5 Å². The van der Waals surface area contributed by atoms with Crippen LogP contribution >= 0.6 is 0 Å². The van der Waals surface area contributed by atoms with Crippen LogP contribution in [0, 0.1) is 0 Å². The molecular weight excluding hydrogens is 276 g/mol. The Hall–Kier alpha value is -2.62. The van der Waals surface area contributed by atoms with Crippen LogP contribution in [0.5, 0.6) is 0 Å². The first kappa shape index (κ1) is 14.3. The molecule has 0 unspecified atom stereocenters. The zero-order valence-electron chi connectivity index (χ0n) is 12.2. The van der Waals surface area contributed by atoms with Gasteiger partial charge in [0.25, 0.3) is 0 Å². The van der Waals surface area contributed by atoms with Gasteiger partial charge in [-0.25, -0.2) is 4.98 Å². The maximum Gasteiger partial charge on any atom is 0.304 e. The molecule has 2 aromatic heterocycles. The Labute approximate surface area is 129 Å². The molecule has 4 heteroatoms. The highest BCUT2D eigenvalue weighted by atomic mass is 16.4. The molecular formula is C18H18N2O2. The van der Waals surface area contributed by atoms with Crippen molar-refractivity contribution < 1.29 is 9.90 Å². The molecule has 1 atom stereocenters. The minimum Gasteiger partial charge on any atom is -0.481 e. The first-order valence-corrected chi connectivity index (χ1v) is 7.42. The van der Waals surface area contributed by atoms with Gasteiger partial charge in [0.15, 0.2) is 0 Å². The molecule has 1 N–H and O–H groups in total. The number of benzene rings is 1. The van der Waals surface area contributed by atoms with E-state index in [1.807, 2.05) is 47.0 Å². The lowest BCUT2D eigenvalue weighted by atomic mass is 9.94. The van der Waals surface area contributed by atoms with Crippen molar-refractivity contribution in [2.24, 2.45) is 0 Å². The van der Waals surface area contributed by atoms with Crippen molar-refractivity contribution in [3.63, 3.8) is 0 Å². The van der Waals surface area contributed by atoms with Gasteiger partial charge >= 0.3 is 5.97 Å². The van der Waals surface area contributed by atoms with Crippen molar-refractivity contribution in [1.82, 2.24) is 9.38 Å². The number of fused-ring (bicyclic) bond motifs is 1. The van der Waals surface area contributed by atoms with Crippen molar-refractivity contribution in [2.75, 3.05) is 0 Å². The molecule has 4 nitrogen and oxygen atoms in total. The van der Waals surface area contributed by atoms with E-state index in [0.717, 1.165) is 24.2 Å². The minimum atomic E-state index is -0.774. The number of hydrogen-bond donors (Lipinski definition) is 1. The van der Waals surface area contributed by atoms with Crippen molar-refractivity contribution >= 4 is 11.6 Å². The molecule has 1 aromatic carbocycles. The number of aromatic nitrogens is 2. The number of aryl methyl sites for hydroxylation is 1. The van der Waals surface area contributed by atoms with E-state index in [1.165, 1.54) is 5.56 Å². The van der Waals surface area contributed by atoms with Gasteiger partial charge in [-0.15, -0.1) is 0 Å². The number of imidazole rings is 1. The SMILES string of the molecule is O=C(O)C[C@H](CCc1ccccc1)c1cnc2ccccn12. The van der Waals surface area contributed by atoms with E-state index in [4.69, 9.17) is 0 Å². The van der Waals surface area contributed by atoms with Crippen molar-refractivity contribution in [1.29, 1.82) is 0 Å². The Kier molecular flexibility index (Phi) is 4.19. The summed E-state index contributed by atoms with van der Waals surface area (Å²) in [4.78, 5) is 15.6. The molecule has 0 aliphatic rings. The first-order valence-electron chi connectivity index (χ1n) is 7.42. The van der Waals surface area contributed by atoms with E-state index in [2.05, 4.69) is 17.1 Å². The van der Waals surface area contributed by atoms with Crippen LogP contribution in [0.3, 0.4) is 0 Å². The maximum absolute atomic E-state index is 11.2. The molecule has 0 aliphatic heterocycles. The number of aliphatic carboxylic acids is 1. The fraction of sp³-hybridized carbons (Fsp3) is 0.222. The Morgan fingerprint density at radius 1 is 1.14 bits per heavy atom. The highest BCUT2D eigenvalue weighted by Gasteiger charge is 2.19. The largest absolute Gasteiger partial charge is 0.481 e. The topological polar surface area (TPSA) is 54.6 Å². The van der Waals surface area contributed by atoms with Gasteiger partial charge in [0.2, 0.25) is 0 Å². The summed E-state index contributed by atoms with van der Waals surface area (Å²) >= 11 is 0. The summed E-state index contributed by atoms with van der Waals surface area (Å²) in [6.07, 6.45) is 5.51. The lowest BCUT2D eigenvalue weighted by Gasteiger charge is -2.14. The molecule has 112 valence electrons. The number of pyridine rings is 1. The Morgan fingerprint density at radius 3 is 2.68 bits per heavy atom. The summed E-state index contributed by atoms with van der Waals surface area (Å²) in [5.74, 6) is -0.820. The normalized spacial score (nSPS) is 12.4. The molecule has 0 saturated carbocycles. The summed E-state index contributed by atoms with van der Waals surface area (Å²) in [6, 6.07) is 16.0. The molecule has 2 heterocycles. The van der Waals surface area contributed by atoms with Gasteiger partial charge in [0, 0.05) is 24.0 Å². The smallest absolute Gasteiger partial charge is 0.304 e. The van der Waals surface area contributed by atoms with E-state index in [-0.39, 0.29) is 12.3 Å². The predicted octanol–water partition coefficient (Wildman–Crippen LogP) is 3.53. The lowest BCUT2D eigenvalue weighted by molar-refractivity contribution is -0.137. The summed E-state index contributed by atoms with van der Waals surface area (Å²) in [7, 11) is 0. The third kappa shape index (κ3) is 3.17. The molecule has 3 rings (SSSR count). The zero-order valence-corrected chi connectivity index (χ0v) is 12.2. The minimum absolute atomic E-state index is 0.0462. The van der Waals surface area contributed by atoms with Crippen LogP contribution in [0.15, 0.2) is 60.9 Å². The molecule has 0 spiro atoms. The van der Waals surface area contributed by atoms with Crippen molar-refractivity contribution in [2.45, 2.75) is 25.2 Å². The van der Waals surface area contributed by atoms with E-state index >= 15 is 0 Å². The van der Waals surface area contributed by atoms with E-state index in [0.29, 0.717) is 0 Å². The number of rotatable bonds is 6. The number of carbonyl (C=O) groups is 1. The van der Waals surface area contributed by atoms with Crippen LogP contribution < -0.4 is 0 Å². The molecule has 0 saturated heterocycles. The number of carboxylic acids is 1. The molecule has 3 aromatic rings. The van der Waals surface area contributed by atoms with Gasteiger partial charge in [0.1, 0.15) is 5.65 Å². The zero-order chi connectivity index (χ0) is 15.4. The Bertz CT molecular complexity index is 765. The molecule has 22 heavy (non-hydrogen) atoms. The summed E-state index contributed by atoms with van der Waals surface area (Å²) < 4.78 is 1.98. The summed E-state index contributed by atoms with van der Waals surface area (Å²) in [5, 5.41) is 9.22. The van der Waals surface area contributed by atoms with Crippen LogP contribution in [0.25, 0.3) is 5.65 Å². The highest BCUT2D eigenvalue weighted by Crippen LogP contribution is 2.26. The molecule has 0 bridgehead atoms. The van der Waals surface area contributed by atoms with E-state index in [9.17, 15) is 9.90 Å². The molecule has 0 aliphatic carbocycles. The lowest BCUT2D eigenvalue weighted by Crippen LogP contribution is -2.10. The van der Waals surface area contributed by atoms with Crippen LogP contribution in [0.2, 0.25) is 0 Å². The third-order valence-electron chi connectivity index (χ3n) is 3.91. The third-order valence-corrected chi connectivity index (χ3v) is 3.91. The quantitative estimate of drug-likeness (QED) is 0.756. The fourth-order valence-corrected chi connectivity index (χ4v) is 2.81. The monoisotopic (exact) mass is 294 g/mol. The Morgan fingerprint density at radius 2 is 1.91 bits per heavy atom. The van der Waals surface area contributed by atoms with Crippen LogP contribution in [0.4, 0.5) is 0 Å². The van der Waals surface area contributed by atoms with Gasteiger partial charge in [-0.2, -0.15) is 0 Å². The number of nitrogens with zero attached hydrogens (tertiary/aromatic N) is 2. The van der Waals surface area contributed by atoms with Crippen molar-refractivity contribution in [3.05, 3.63) is 72.2 Å². The number of hydrogen-bond acceptors (Lipinski definition) is 2. The molecule has 0 fully saturated rings. The van der Waals surface area contributed by atoms with Gasteiger partial charge in [-0.05, 0) is 30.5 Å². The second-order valence-electron chi connectivity index (χ2n) is 5.43. The second-order valence-corrected chi connectivity index (χ2v) is 5.43. The van der Waals surface area contributed by atoms with Gasteiger partial charge in [-0.1, -0.05) is 36.4 Å². The van der Waals surface area contributed by atoms with E-state index in [1.54, 1.807) is 6.20 Å². The van der Waals surface area contributed by atoms with Crippen molar-refractivity contribution in [3.8, 4) is 0 Å². The maximum atomic E-state index is 11.2.